The smallest absolute Gasteiger partial charge is 0.257 e. The molecule has 1 aliphatic heterocycles. The van der Waals surface area contributed by atoms with Crippen molar-refractivity contribution in [2.45, 2.75) is 58.5 Å². The number of benzene rings is 1. The minimum Gasteiger partial charge on any atom is -0.330 e. The number of likely N-dealkylation sites (tertiary alicyclic amines) is 1. The molecule has 0 aliphatic carbocycles. The number of anilines is 1. The molecule has 0 saturated carbocycles. The maximum Gasteiger partial charge on any atom is 0.257 e. The Bertz CT molecular complexity index is 1400. The standard InChI is InChI=1S/C28H31N5O2S/c1-18-11-13-19(14-12-18)25(34)31-27-30-24-23(36-27)20(17-33(24)28(2,3)4)26(35)32-16-8-6-10-22(32)21-9-5-7-15-29-21/h5,7,9,11-15,17,22H,6,8,10,16H2,1-4H3,(H,30,31,34). The normalized spacial score (nSPS) is 16.3. The van der Waals surface area contributed by atoms with Crippen LogP contribution in [0.15, 0.2) is 54.9 Å². The topological polar surface area (TPSA) is 80.1 Å². The second-order valence-corrected chi connectivity index (χ2v) is 11.3. The highest BCUT2D eigenvalue weighted by molar-refractivity contribution is 7.22. The molecule has 1 saturated heterocycles. The Labute approximate surface area is 215 Å². The Kier molecular flexibility index (Phi) is 6.38. The summed E-state index contributed by atoms with van der Waals surface area (Å²) in [6, 6.07) is 13.2. The minimum absolute atomic E-state index is 0.0154. The van der Waals surface area contributed by atoms with Gasteiger partial charge in [0, 0.05) is 30.0 Å². The number of aromatic nitrogens is 3. The molecule has 1 fully saturated rings. The lowest BCUT2D eigenvalue weighted by molar-refractivity contribution is 0.0608. The van der Waals surface area contributed by atoms with Gasteiger partial charge in [0.15, 0.2) is 10.8 Å². The van der Waals surface area contributed by atoms with Crippen LogP contribution in [-0.2, 0) is 5.54 Å². The molecule has 4 aromatic rings. The zero-order chi connectivity index (χ0) is 25.4. The van der Waals surface area contributed by atoms with Crippen molar-refractivity contribution in [2.75, 3.05) is 11.9 Å². The van der Waals surface area contributed by atoms with Crippen LogP contribution in [0.1, 0.15) is 78.0 Å². The van der Waals surface area contributed by atoms with Crippen molar-refractivity contribution in [2.24, 2.45) is 0 Å². The van der Waals surface area contributed by atoms with E-state index in [1.807, 2.05) is 52.9 Å². The summed E-state index contributed by atoms with van der Waals surface area (Å²) in [7, 11) is 0. The second kappa shape index (κ2) is 9.50. The Morgan fingerprint density at radius 3 is 2.56 bits per heavy atom. The van der Waals surface area contributed by atoms with Crippen molar-refractivity contribution in [3.05, 3.63) is 77.2 Å². The van der Waals surface area contributed by atoms with Crippen molar-refractivity contribution in [3.63, 3.8) is 0 Å². The third-order valence-electron chi connectivity index (χ3n) is 6.62. The maximum absolute atomic E-state index is 14.0. The third-order valence-corrected chi connectivity index (χ3v) is 7.61. The molecule has 1 atom stereocenters. The maximum atomic E-state index is 14.0. The molecule has 1 unspecified atom stereocenters. The predicted octanol–water partition coefficient (Wildman–Crippen LogP) is 6.18. The van der Waals surface area contributed by atoms with Crippen LogP contribution in [-0.4, -0.2) is 37.8 Å². The van der Waals surface area contributed by atoms with Crippen molar-refractivity contribution < 1.29 is 9.59 Å². The summed E-state index contributed by atoms with van der Waals surface area (Å²) in [5.74, 6) is -0.230. The highest BCUT2D eigenvalue weighted by Crippen LogP contribution is 2.37. The summed E-state index contributed by atoms with van der Waals surface area (Å²) >= 11 is 1.35. The van der Waals surface area contributed by atoms with Crippen LogP contribution < -0.4 is 5.32 Å². The first-order valence-corrected chi connectivity index (χ1v) is 13.2. The Morgan fingerprint density at radius 2 is 1.86 bits per heavy atom. The van der Waals surface area contributed by atoms with Gasteiger partial charge in [-0.1, -0.05) is 35.1 Å². The fourth-order valence-corrected chi connectivity index (χ4v) is 5.66. The number of hydrogen-bond donors (Lipinski definition) is 1. The number of fused-ring (bicyclic) bond motifs is 1. The number of aryl methyl sites for hydroxylation is 1. The third kappa shape index (κ3) is 4.65. The van der Waals surface area contributed by atoms with E-state index in [4.69, 9.17) is 4.98 Å². The molecule has 8 heteroatoms. The summed E-state index contributed by atoms with van der Waals surface area (Å²) in [5, 5.41) is 3.42. The Balaban J connectivity index is 1.51. The van der Waals surface area contributed by atoms with Crippen LogP contribution in [0.2, 0.25) is 0 Å². The van der Waals surface area contributed by atoms with E-state index >= 15 is 0 Å². The van der Waals surface area contributed by atoms with Gasteiger partial charge in [0.2, 0.25) is 0 Å². The molecule has 1 aromatic carbocycles. The van der Waals surface area contributed by atoms with Crippen LogP contribution in [0.3, 0.4) is 0 Å². The van der Waals surface area contributed by atoms with Crippen LogP contribution in [0.25, 0.3) is 10.3 Å². The summed E-state index contributed by atoms with van der Waals surface area (Å²) in [6.07, 6.45) is 6.64. The fourth-order valence-electron chi connectivity index (χ4n) is 4.70. The predicted molar refractivity (Wildman–Crippen MR) is 144 cm³/mol. The zero-order valence-electron chi connectivity index (χ0n) is 21.1. The van der Waals surface area contributed by atoms with Gasteiger partial charge < -0.3 is 9.47 Å². The largest absolute Gasteiger partial charge is 0.330 e. The summed E-state index contributed by atoms with van der Waals surface area (Å²) in [5.41, 5.74) is 3.63. The monoisotopic (exact) mass is 501 g/mol. The van der Waals surface area contributed by atoms with E-state index in [1.54, 1.807) is 18.3 Å². The van der Waals surface area contributed by atoms with Crippen molar-refractivity contribution in [1.82, 2.24) is 19.4 Å². The van der Waals surface area contributed by atoms with Gasteiger partial charge in [0.1, 0.15) is 0 Å². The van der Waals surface area contributed by atoms with E-state index in [1.165, 1.54) is 11.3 Å². The SMILES string of the molecule is Cc1ccc(C(=O)Nc2nc3c(s2)c(C(=O)N2CCCCC2c2ccccn2)cn3C(C)(C)C)cc1. The average molecular weight is 502 g/mol. The molecule has 2 amide bonds. The van der Waals surface area contributed by atoms with Crippen LogP contribution in [0.5, 0.6) is 0 Å². The first-order chi connectivity index (χ1) is 17.2. The lowest BCUT2D eigenvalue weighted by Gasteiger charge is -2.35. The molecule has 0 bridgehead atoms. The number of carbonyl (C=O) groups is 2. The van der Waals surface area contributed by atoms with Gasteiger partial charge >= 0.3 is 0 Å². The number of hydrogen-bond acceptors (Lipinski definition) is 5. The zero-order valence-corrected chi connectivity index (χ0v) is 21.9. The molecule has 36 heavy (non-hydrogen) atoms. The second-order valence-electron chi connectivity index (χ2n) is 10.3. The molecule has 5 rings (SSSR count). The Morgan fingerprint density at radius 1 is 1.08 bits per heavy atom. The van der Waals surface area contributed by atoms with Gasteiger partial charge in [-0.2, -0.15) is 0 Å². The average Bonchev–Trinajstić information content (AvgIpc) is 3.43. The quantitative estimate of drug-likeness (QED) is 0.362. The number of nitrogens with zero attached hydrogens (tertiary/aromatic N) is 4. The van der Waals surface area contributed by atoms with Crippen LogP contribution in [0, 0.1) is 6.92 Å². The minimum atomic E-state index is -0.286. The van der Waals surface area contributed by atoms with E-state index in [9.17, 15) is 9.59 Å². The molecule has 0 radical (unpaired) electrons. The van der Waals surface area contributed by atoms with Crippen molar-refractivity contribution >= 4 is 38.6 Å². The van der Waals surface area contributed by atoms with Gasteiger partial charge in [0.25, 0.3) is 11.8 Å². The number of piperidine rings is 1. The lowest BCUT2D eigenvalue weighted by Crippen LogP contribution is -2.38. The van der Waals surface area contributed by atoms with E-state index in [-0.39, 0.29) is 23.4 Å². The fraction of sp³-hybridized carbons (Fsp3) is 0.357. The number of amides is 2. The molecule has 7 nitrogen and oxygen atoms in total. The van der Waals surface area contributed by atoms with Gasteiger partial charge in [-0.15, -0.1) is 0 Å². The summed E-state index contributed by atoms with van der Waals surface area (Å²) in [6.45, 7) is 8.93. The van der Waals surface area contributed by atoms with Crippen LogP contribution in [0.4, 0.5) is 5.13 Å². The Hall–Kier alpha value is -3.52. The van der Waals surface area contributed by atoms with Gasteiger partial charge in [0.05, 0.1) is 22.0 Å². The highest BCUT2D eigenvalue weighted by atomic mass is 32.1. The molecule has 1 N–H and O–H groups in total. The van der Waals surface area contributed by atoms with Crippen molar-refractivity contribution in [3.8, 4) is 0 Å². The van der Waals surface area contributed by atoms with Crippen molar-refractivity contribution in [1.29, 1.82) is 0 Å². The molecule has 186 valence electrons. The van der Waals surface area contributed by atoms with E-state index < -0.39 is 0 Å². The first-order valence-electron chi connectivity index (χ1n) is 12.3. The first kappa shape index (κ1) is 24.2. The summed E-state index contributed by atoms with van der Waals surface area (Å²) < 4.78 is 2.83. The molecule has 3 aromatic heterocycles. The molecular weight excluding hydrogens is 470 g/mol. The molecule has 4 heterocycles. The van der Waals surface area contributed by atoms with Gasteiger partial charge in [-0.25, -0.2) is 4.98 Å². The highest BCUT2D eigenvalue weighted by Gasteiger charge is 2.33. The number of pyridine rings is 1. The number of nitrogens with one attached hydrogen (secondary N) is 1. The molecule has 1 aliphatic rings. The number of rotatable bonds is 4. The molecular formula is C28H31N5O2S. The number of thiazole rings is 1. The van der Waals surface area contributed by atoms with Gasteiger partial charge in [-0.05, 0) is 71.2 Å². The van der Waals surface area contributed by atoms with Gasteiger partial charge in [-0.3, -0.25) is 19.9 Å². The number of carbonyl (C=O) groups excluding carboxylic acids is 2. The lowest BCUT2D eigenvalue weighted by atomic mass is 9.98. The van der Waals surface area contributed by atoms with E-state index in [2.05, 4.69) is 31.1 Å². The molecule has 0 spiro atoms. The van der Waals surface area contributed by atoms with Crippen LogP contribution >= 0.6 is 11.3 Å². The summed E-state index contributed by atoms with van der Waals surface area (Å²) in [4.78, 5) is 38.1. The van der Waals surface area contributed by atoms with E-state index in [0.29, 0.717) is 28.5 Å². The van der Waals surface area contributed by atoms with E-state index in [0.717, 1.165) is 35.2 Å².